The number of hydrogen-bond donors (Lipinski definition) is 3. The first-order valence-electron chi connectivity index (χ1n) is 10.0. The summed E-state index contributed by atoms with van der Waals surface area (Å²) in [6.07, 6.45) is 3.39. The minimum absolute atomic E-state index is 0.0461. The Balaban J connectivity index is 1.39. The molecular formula is C23H24N4O3. The minimum atomic E-state index is -0.256. The number of nitrogens with zero attached hydrogens (tertiary/aromatic N) is 1. The van der Waals surface area contributed by atoms with Gasteiger partial charge >= 0.3 is 0 Å². The first-order chi connectivity index (χ1) is 14.5. The molecule has 1 aliphatic rings. The summed E-state index contributed by atoms with van der Waals surface area (Å²) in [5.74, 6) is -0.542. The Morgan fingerprint density at radius 2 is 1.73 bits per heavy atom. The average molecular weight is 404 g/mol. The number of H-pyrrole nitrogens is 1. The molecule has 2 heterocycles. The molecule has 30 heavy (non-hydrogen) atoms. The van der Waals surface area contributed by atoms with Gasteiger partial charge in [-0.25, -0.2) is 0 Å². The molecule has 1 saturated heterocycles. The summed E-state index contributed by atoms with van der Waals surface area (Å²) in [4.78, 5) is 41.7. The highest BCUT2D eigenvalue weighted by atomic mass is 16.2. The molecule has 1 aromatic heterocycles. The van der Waals surface area contributed by atoms with Gasteiger partial charge in [0.1, 0.15) is 0 Å². The van der Waals surface area contributed by atoms with Crippen molar-refractivity contribution in [3.8, 4) is 0 Å². The van der Waals surface area contributed by atoms with Gasteiger partial charge in [-0.15, -0.1) is 0 Å². The first kappa shape index (κ1) is 19.7. The van der Waals surface area contributed by atoms with Crippen LogP contribution in [-0.2, 0) is 9.59 Å². The van der Waals surface area contributed by atoms with Crippen LogP contribution >= 0.6 is 0 Å². The lowest BCUT2D eigenvalue weighted by molar-refractivity contribution is -0.121. The standard InChI is InChI=1S/C23H24N4O3/c1-15(28)25-19-5-7-20(8-6-19)26-22(29)18-3-2-12-27(14-18)23(30)17-4-9-21-16(13-17)10-11-24-21/h4-11,13,18,24H,2-3,12,14H2,1H3,(H,25,28)(H,26,29). The average Bonchev–Trinajstić information content (AvgIpc) is 3.22. The molecule has 0 radical (unpaired) electrons. The molecule has 7 nitrogen and oxygen atoms in total. The van der Waals surface area contributed by atoms with Crippen LogP contribution in [0.25, 0.3) is 10.9 Å². The lowest BCUT2D eigenvalue weighted by Crippen LogP contribution is -2.43. The number of piperidine rings is 1. The molecule has 1 atom stereocenters. The van der Waals surface area contributed by atoms with Crippen molar-refractivity contribution < 1.29 is 14.4 Å². The third-order valence-electron chi connectivity index (χ3n) is 5.35. The molecule has 2 aromatic carbocycles. The van der Waals surface area contributed by atoms with Crippen LogP contribution in [0.3, 0.4) is 0 Å². The molecule has 0 saturated carbocycles. The monoisotopic (exact) mass is 404 g/mol. The molecule has 3 aromatic rings. The van der Waals surface area contributed by atoms with Gasteiger partial charge in [-0.3, -0.25) is 14.4 Å². The molecule has 3 N–H and O–H groups in total. The topological polar surface area (TPSA) is 94.3 Å². The van der Waals surface area contributed by atoms with Crippen LogP contribution in [0, 0.1) is 5.92 Å². The predicted molar refractivity (Wildman–Crippen MR) is 116 cm³/mol. The molecular weight excluding hydrogens is 380 g/mol. The number of likely N-dealkylation sites (tertiary alicyclic amines) is 1. The fourth-order valence-electron chi connectivity index (χ4n) is 3.83. The molecule has 1 aliphatic heterocycles. The lowest BCUT2D eigenvalue weighted by Gasteiger charge is -2.32. The second-order valence-electron chi connectivity index (χ2n) is 7.62. The fraction of sp³-hybridized carbons (Fsp3) is 0.261. The van der Waals surface area contributed by atoms with E-state index in [0.717, 1.165) is 23.7 Å². The summed E-state index contributed by atoms with van der Waals surface area (Å²) in [6, 6.07) is 14.5. The Labute approximate surface area is 174 Å². The number of aromatic nitrogens is 1. The second-order valence-corrected chi connectivity index (χ2v) is 7.62. The van der Waals surface area contributed by atoms with Crippen LogP contribution in [0.1, 0.15) is 30.1 Å². The van der Waals surface area contributed by atoms with Crippen molar-refractivity contribution >= 4 is 40.0 Å². The van der Waals surface area contributed by atoms with Crippen molar-refractivity contribution in [3.05, 3.63) is 60.3 Å². The SMILES string of the molecule is CC(=O)Nc1ccc(NC(=O)C2CCCN(C(=O)c3ccc4[nH]ccc4c3)C2)cc1. The second kappa shape index (κ2) is 8.41. The van der Waals surface area contributed by atoms with Gasteiger partial charge in [0.25, 0.3) is 5.91 Å². The summed E-state index contributed by atoms with van der Waals surface area (Å²) in [5, 5.41) is 6.61. The van der Waals surface area contributed by atoms with Gasteiger partial charge in [-0.05, 0) is 61.4 Å². The van der Waals surface area contributed by atoms with E-state index in [1.807, 2.05) is 30.5 Å². The van der Waals surface area contributed by atoms with Crippen molar-refractivity contribution in [1.29, 1.82) is 0 Å². The zero-order valence-electron chi connectivity index (χ0n) is 16.8. The highest BCUT2D eigenvalue weighted by molar-refractivity contribution is 5.99. The number of amides is 3. The Kier molecular flexibility index (Phi) is 5.52. The van der Waals surface area contributed by atoms with E-state index in [-0.39, 0.29) is 23.6 Å². The quantitative estimate of drug-likeness (QED) is 0.620. The number of anilines is 2. The van der Waals surface area contributed by atoms with Gasteiger partial charge in [0.2, 0.25) is 11.8 Å². The van der Waals surface area contributed by atoms with Crippen LogP contribution in [0.4, 0.5) is 11.4 Å². The largest absolute Gasteiger partial charge is 0.361 e. The number of aromatic amines is 1. The van der Waals surface area contributed by atoms with Crippen molar-refractivity contribution in [2.75, 3.05) is 23.7 Å². The van der Waals surface area contributed by atoms with E-state index in [0.29, 0.717) is 30.0 Å². The van der Waals surface area contributed by atoms with Crippen LogP contribution in [0.2, 0.25) is 0 Å². The van der Waals surface area contributed by atoms with Gasteiger partial charge in [0.05, 0.1) is 5.92 Å². The molecule has 0 spiro atoms. The van der Waals surface area contributed by atoms with Crippen LogP contribution < -0.4 is 10.6 Å². The molecule has 7 heteroatoms. The number of carbonyl (C=O) groups is 3. The third-order valence-corrected chi connectivity index (χ3v) is 5.35. The van der Waals surface area contributed by atoms with E-state index >= 15 is 0 Å². The van der Waals surface area contributed by atoms with E-state index in [9.17, 15) is 14.4 Å². The van der Waals surface area contributed by atoms with Crippen molar-refractivity contribution in [2.24, 2.45) is 5.92 Å². The number of benzene rings is 2. The smallest absolute Gasteiger partial charge is 0.253 e. The Morgan fingerprint density at radius 3 is 2.47 bits per heavy atom. The van der Waals surface area contributed by atoms with Crippen LogP contribution in [-0.4, -0.2) is 40.7 Å². The van der Waals surface area contributed by atoms with Crippen LogP contribution in [0.15, 0.2) is 54.7 Å². The van der Waals surface area contributed by atoms with E-state index in [1.54, 1.807) is 29.2 Å². The Hall–Kier alpha value is -3.61. The maximum absolute atomic E-state index is 13.0. The van der Waals surface area contributed by atoms with E-state index in [2.05, 4.69) is 15.6 Å². The highest BCUT2D eigenvalue weighted by Gasteiger charge is 2.29. The molecule has 0 bridgehead atoms. The Bertz CT molecular complexity index is 1090. The normalized spacial score (nSPS) is 16.3. The van der Waals surface area contributed by atoms with Gasteiger partial charge in [0.15, 0.2) is 0 Å². The molecule has 1 fully saturated rings. The minimum Gasteiger partial charge on any atom is -0.361 e. The van der Waals surface area contributed by atoms with E-state index in [4.69, 9.17) is 0 Å². The zero-order chi connectivity index (χ0) is 21.1. The lowest BCUT2D eigenvalue weighted by atomic mass is 9.96. The van der Waals surface area contributed by atoms with Crippen molar-refractivity contribution in [1.82, 2.24) is 9.88 Å². The van der Waals surface area contributed by atoms with E-state index < -0.39 is 0 Å². The predicted octanol–water partition coefficient (Wildman–Crippen LogP) is 3.62. The van der Waals surface area contributed by atoms with Crippen molar-refractivity contribution in [2.45, 2.75) is 19.8 Å². The molecule has 0 aliphatic carbocycles. The molecule has 4 rings (SSSR count). The first-order valence-corrected chi connectivity index (χ1v) is 10.0. The summed E-state index contributed by atoms with van der Waals surface area (Å²) in [7, 11) is 0. The highest BCUT2D eigenvalue weighted by Crippen LogP contribution is 2.23. The number of fused-ring (bicyclic) bond motifs is 1. The molecule has 154 valence electrons. The number of rotatable bonds is 4. The van der Waals surface area contributed by atoms with Crippen molar-refractivity contribution in [3.63, 3.8) is 0 Å². The third kappa shape index (κ3) is 4.35. The van der Waals surface area contributed by atoms with E-state index in [1.165, 1.54) is 6.92 Å². The van der Waals surface area contributed by atoms with Gasteiger partial charge in [-0.1, -0.05) is 0 Å². The van der Waals surface area contributed by atoms with Crippen LogP contribution in [0.5, 0.6) is 0 Å². The maximum Gasteiger partial charge on any atom is 0.253 e. The summed E-state index contributed by atoms with van der Waals surface area (Å²) in [5.41, 5.74) is 2.97. The number of hydrogen-bond acceptors (Lipinski definition) is 3. The van der Waals surface area contributed by atoms with Gasteiger partial charge in [0, 0.05) is 54.1 Å². The number of nitrogens with one attached hydrogen (secondary N) is 3. The molecule has 3 amide bonds. The van der Waals surface area contributed by atoms with Gasteiger partial charge < -0.3 is 20.5 Å². The zero-order valence-corrected chi connectivity index (χ0v) is 16.8. The van der Waals surface area contributed by atoms with Gasteiger partial charge in [-0.2, -0.15) is 0 Å². The maximum atomic E-state index is 13.0. The number of carbonyl (C=O) groups excluding carboxylic acids is 3. The summed E-state index contributed by atoms with van der Waals surface area (Å²) < 4.78 is 0. The Morgan fingerprint density at radius 1 is 1.00 bits per heavy atom. The summed E-state index contributed by atoms with van der Waals surface area (Å²) in [6.45, 7) is 2.50. The molecule has 1 unspecified atom stereocenters. The fourth-order valence-corrected chi connectivity index (χ4v) is 3.83. The summed E-state index contributed by atoms with van der Waals surface area (Å²) >= 11 is 0.